The van der Waals surface area contributed by atoms with Crippen molar-refractivity contribution in [3.05, 3.63) is 24.0 Å². The van der Waals surface area contributed by atoms with Gasteiger partial charge in [0.05, 0.1) is 31.0 Å². The molecule has 1 unspecified atom stereocenters. The Kier molecular flexibility index (Phi) is 2.21. The summed E-state index contributed by atoms with van der Waals surface area (Å²) in [6.07, 6.45) is 3.06. The first-order valence-corrected chi connectivity index (χ1v) is 4.57. The number of amides is 1. The van der Waals surface area contributed by atoms with Crippen molar-refractivity contribution in [3.8, 4) is 0 Å². The summed E-state index contributed by atoms with van der Waals surface area (Å²) < 4.78 is 0. The van der Waals surface area contributed by atoms with Crippen LogP contribution in [0.4, 0.5) is 5.69 Å². The second-order valence-electron chi connectivity index (χ2n) is 3.58. The van der Waals surface area contributed by atoms with E-state index in [1.165, 1.54) is 0 Å². The number of aliphatic hydroxyl groups is 1. The van der Waals surface area contributed by atoms with Gasteiger partial charge in [-0.25, -0.2) is 0 Å². The summed E-state index contributed by atoms with van der Waals surface area (Å²) in [5, 5.41) is 9.32. The van der Waals surface area contributed by atoms with Crippen LogP contribution in [0.2, 0.25) is 0 Å². The summed E-state index contributed by atoms with van der Waals surface area (Å²) in [4.78, 5) is 17.0. The highest BCUT2D eigenvalue weighted by Gasteiger charge is 2.29. The van der Waals surface area contributed by atoms with Gasteiger partial charge in [-0.05, 0) is 18.6 Å². The molecule has 0 saturated carbocycles. The van der Waals surface area contributed by atoms with Crippen molar-refractivity contribution in [2.24, 2.45) is 0 Å². The highest BCUT2D eigenvalue weighted by molar-refractivity contribution is 5.95. The second-order valence-corrected chi connectivity index (χ2v) is 3.58. The third kappa shape index (κ3) is 1.61. The molecule has 1 amide bonds. The number of pyridine rings is 1. The third-order valence-electron chi connectivity index (χ3n) is 2.28. The van der Waals surface area contributed by atoms with Crippen LogP contribution in [-0.4, -0.2) is 28.6 Å². The number of nitrogens with zero attached hydrogens (tertiary/aromatic N) is 2. The summed E-state index contributed by atoms with van der Waals surface area (Å²) in [7, 11) is 0. The summed E-state index contributed by atoms with van der Waals surface area (Å²) >= 11 is 0. The molecule has 4 heteroatoms. The zero-order chi connectivity index (χ0) is 10.1. The predicted molar refractivity (Wildman–Crippen MR) is 52.0 cm³/mol. The lowest BCUT2D eigenvalue weighted by atomic mass is 10.3. The van der Waals surface area contributed by atoms with Crippen molar-refractivity contribution in [2.45, 2.75) is 19.4 Å². The molecule has 1 aromatic rings. The number of anilines is 1. The number of carbonyl (C=O) groups is 1. The van der Waals surface area contributed by atoms with Crippen molar-refractivity contribution in [1.82, 2.24) is 4.98 Å². The van der Waals surface area contributed by atoms with E-state index in [-0.39, 0.29) is 12.3 Å². The minimum absolute atomic E-state index is 0.0371. The van der Waals surface area contributed by atoms with Gasteiger partial charge >= 0.3 is 0 Å². The van der Waals surface area contributed by atoms with Crippen LogP contribution in [0.3, 0.4) is 0 Å². The second kappa shape index (κ2) is 3.38. The number of hydrogen-bond acceptors (Lipinski definition) is 3. The van der Waals surface area contributed by atoms with Gasteiger partial charge in [-0.3, -0.25) is 9.78 Å². The monoisotopic (exact) mass is 192 g/mol. The first-order chi connectivity index (χ1) is 6.66. The fraction of sp³-hybridized carbons (Fsp3) is 0.400. The van der Waals surface area contributed by atoms with E-state index >= 15 is 0 Å². The maximum Gasteiger partial charge on any atom is 0.229 e. The summed E-state index contributed by atoms with van der Waals surface area (Å²) in [5.74, 6) is -0.0371. The lowest BCUT2D eigenvalue weighted by molar-refractivity contribution is -0.117. The van der Waals surface area contributed by atoms with E-state index in [0.29, 0.717) is 6.54 Å². The Hall–Kier alpha value is -1.42. The van der Waals surface area contributed by atoms with Gasteiger partial charge in [-0.1, -0.05) is 0 Å². The highest BCUT2D eigenvalue weighted by atomic mass is 16.3. The third-order valence-corrected chi connectivity index (χ3v) is 2.28. The largest absolute Gasteiger partial charge is 0.391 e. The zero-order valence-electron chi connectivity index (χ0n) is 7.97. The van der Waals surface area contributed by atoms with E-state index in [0.717, 1.165) is 11.3 Å². The van der Waals surface area contributed by atoms with Gasteiger partial charge < -0.3 is 10.0 Å². The Balaban J connectivity index is 2.27. The van der Waals surface area contributed by atoms with E-state index in [9.17, 15) is 9.90 Å². The van der Waals surface area contributed by atoms with Crippen LogP contribution in [-0.2, 0) is 4.79 Å². The molecule has 1 N–H and O–H groups in total. The van der Waals surface area contributed by atoms with Crippen molar-refractivity contribution in [1.29, 1.82) is 0 Å². The summed E-state index contributed by atoms with van der Waals surface area (Å²) in [6, 6.07) is 1.89. The summed E-state index contributed by atoms with van der Waals surface area (Å²) in [5.41, 5.74) is 1.78. The number of carbonyl (C=O) groups excluding carboxylic acids is 1. The van der Waals surface area contributed by atoms with Crippen LogP contribution in [0.15, 0.2) is 18.5 Å². The molecule has 0 bridgehead atoms. The van der Waals surface area contributed by atoms with Gasteiger partial charge in [-0.15, -0.1) is 0 Å². The Labute approximate surface area is 82.2 Å². The first kappa shape index (κ1) is 9.15. The van der Waals surface area contributed by atoms with E-state index in [1.807, 2.05) is 13.0 Å². The molecule has 0 radical (unpaired) electrons. The van der Waals surface area contributed by atoms with Gasteiger partial charge in [-0.2, -0.15) is 0 Å². The standard InChI is InChI=1S/C10H12N2O2/c1-7-2-8(5-11-4-7)12-6-9(13)3-10(12)14/h2,4-5,9,13H,3,6H2,1H3. The molecule has 1 saturated heterocycles. The van der Waals surface area contributed by atoms with Crippen molar-refractivity contribution in [2.75, 3.05) is 11.4 Å². The smallest absolute Gasteiger partial charge is 0.229 e. The molecule has 1 aromatic heterocycles. The Bertz CT molecular complexity index is 365. The highest BCUT2D eigenvalue weighted by Crippen LogP contribution is 2.21. The summed E-state index contributed by atoms with van der Waals surface area (Å²) in [6.45, 7) is 2.30. The number of aryl methyl sites for hydroxylation is 1. The van der Waals surface area contributed by atoms with Crippen LogP contribution in [0.25, 0.3) is 0 Å². The topological polar surface area (TPSA) is 53.4 Å². The van der Waals surface area contributed by atoms with E-state index in [4.69, 9.17) is 0 Å². The molecule has 14 heavy (non-hydrogen) atoms. The number of rotatable bonds is 1. The maximum atomic E-state index is 11.4. The number of hydrogen-bond donors (Lipinski definition) is 1. The lowest BCUT2D eigenvalue weighted by Gasteiger charge is -2.15. The fourth-order valence-electron chi connectivity index (χ4n) is 1.62. The molecule has 2 heterocycles. The molecular formula is C10H12N2O2. The van der Waals surface area contributed by atoms with E-state index in [1.54, 1.807) is 17.3 Å². The van der Waals surface area contributed by atoms with Crippen molar-refractivity contribution >= 4 is 11.6 Å². The van der Waals surface area contributed by atoms with Gasteiger partial charge in [0.1, 0.15) is 0 Å². The molecule has 1 atom stereocenters. The zero-order valence-corrected chi connectivity index (χ0v) is 7.97. The average Bonchev–Trinajstić information content (AvgIpc) is 2.45. The molecular weight excluding hydrogens is 180 g/mol. The predicted octanol–water partition coefficient (Wildman–Crippen LogP) is 0.488. The van der Waals surface area contributed by atoms with Gasteiger partial charge in [0.15, 0.2) is 0 Å². The molecule has 1 aliphatic heterocycles. The van der Waals surface area contributed by atoms with E-state index in [2.05, 4.69) is 4.98 Å². The Morgan fingerprint density at radius 1 is 1.57 bits per heavy atom. The average molecular weight is 192 g/mol. The quantitative estimate of drug-likeness (QED) is 0.704. The van der Waals surface area contributed by atoms with Crippen molar-refractivity contribution in [3.63, 3.8) is 0 Å². The van der Waals surface area contributed by atoms with Crippen molar-refractivity contribution < 1.29 is 9.90 Å². The molecule has 1 aliphatic rings. The van der Waals surface area contributed by atoms with Crippen LogP contribution < -0.4 is 4.90 Å². The lowest BCUT2D eigenvalue weighted by Crippen LogP contribution is -2.25. The normalized spacial score (nSPS) is 21.7. The molecule has 0 aromatic carbocycles. The minimum atomic E-state index is -0.539. The molecule has 74 valence electrons. The fourth-order valence-corrected chi connectivity index (χ4v) is 1.62. The molecule has 0 spiro atoms. The molecule has 0 aliphatic carbocycles. The molecule has 4 nitrogen and oxygen atoms in total. The van der Waals surface area contributed by atoms with Gasteiger partial charge in [0.2, 0.25) is 5.91 Å². The first-order valence-electron chi connectivity index (χ1n) is 4.57. The van der Waals surface area contributed by atoms with Gasteiger partial charge in [0, 0.05) is 6.20 Å². The molecule has 1 fully saturated rings. The van der Waals surface area contributed by atoms with Crippen LogP contribution >= 0.6 is 0 Å². The number of aromatic nitrogens is 1. The Morgan fingerprint density at radius 2 is 2.36 bits per heavy atom. The Morgan fingerprint density at radius 3 is 2.93 bits per heavy atom. The van der Waals surface area contributed by atoms with E-state index < -0.39 is 6.10 Å². The number of aliphatic hydroxyl groups excluding tert-OH is 1. The maximum absolute atomic E-state index is 11.4. The van der Waals surface area contributed by atoms with Crippen LogP contribution in [0, 0.1) is 6.92 Å². The SMILES string of the molecule is Cc1cncc(N2CC(O)CC2=O)c1. The number of β-amino-alcohol motifs (C(OH)–C–C–N with tert-alkyl or cyclic N) is 1. The van der Waals surface area contributed by atoms with Crippen LogP contribution in [0.1, 0.15) is 12.0 Å². The minimum Gasteiger partial charge on any atom is -0.391 e. The van der Waals surface area contributed by atoms with Gasteiger partial charge in [0.25, 0.3) is 0 Å². The van der Waals surface area contributed by atoms with Crippen LogP contribution in [0.5, 0.6) is 0 Å². The molecule has 2 rings (SSSR count).